The molecule has 3 aromatic carbocycles. The summed E-state index contributed by atoms with van der Waals surface area (Å²) in [6.07, 6.45) is -3.80. The zero-order chi connectivity index (χ0) is 25.0. The summed E-state index contributed by atoms with van der Waals surface area (Å²) in [5.41, 5.74) is 3.07. The summed E-state index contributed by atoms with van der Waals surface area (Å²) in [6, 6.07) is 29.6. The van der Waals surface area contributed by atoms with Crippen LogP contribution in [0, 0.1) is 0 Å². The van der Waals surface area contributed by atoms with E-state index in [-0.39, 0.29) is 13.4 Å². The molecule has 3 aromatic rings. The smallest absolute Gasteiger partial charge is 0.184 e. The Labute approximate surface area is 212 Å². The van der Waals surface area contributed by atoms with Crippen LogP contribution in [-0.2, 0) is 48.2 Å². The van der Waals surface area contributed by atoms with Gasteiger partial charge in [0.25, 0.3) is 0 Å². The molecule has 0 radical (unpaired) electrons. The average molecular weight is 495 g/mol. The van der Waals surface area contributed by atoms with E-state index < -0.39 is 30.7 Å². The minimum Gasteiger partial charge on any atom is -0.374 e. The molecule has 192 valence electrons. The normalized spacial score (nSPS) is 24.0. The molecule has 0 aromatic heterocycles. The third-order valence-electron chi connectivity index (χ3n) is 5.95. The fourth-order valence-corrected chi connectivity index (χ4v) is 4.14. The topological polar surface area (TPSA) is 75.6 Å². The largest absolute Gasteiger partial charge is 0.374 e. The van der Waals surface area contributed by atoms with Gasteiger partial charge in [0.1, 0.15) is 31.2 Å². The van der Waals surface area contributed by atoms with Crippen molar-refractivity contribution in [2.24, 2.45) is 0 Å². The molecule has 36 heavy (non-hydrogen) atoms. The van der Waals surface area contributed by atoms with Gasteiger partial charge in [0.15, 0.2) is 6.29 Å². The van der Waals surface area contributed by atoms with Crippen molar-refractivity contribution < 1.29 is 33.5 Å². The van der Waals surface area contributed by atoms with Gasteiger partial charge in [-0.1, -0.05) is 91.0 Å². The van der Waals surface area contributed by atoms with Crippen molar-refractivity contribution >= 4 is 0 Å². The monoisotopic (exact) mass is 494 g/mol. The van der Waals surface area contributed by atoms with Crippen molar-refractivity contribution in [3.63, 3.8) is 0 Å². The quantitative estimate of drug-likeness (QED) is 0.359. The van der Waals surface area contributed by atoms with E-state index in [2.05, 4.69) is 0 Å². The van der Waals surface area contributed by atoms with Gasteiger partial charge in [-0.15, -0.1) is 0 Å². The van der Waals surface area contributed by atoms with Crippen molar-refractivity contribution in [2.75, 3.05) is 20.5 Å². The first-order valence-electron chi connectivity index (χ1n) is 12.1. The zero-order valence-electron chi connectivity index (χ0n) is 20.5. The van der Waals surface area contributed by atoms with E-state index in [1.54, 1.807) is 0 Å². The van der Waals surface area contributed by atoms with Crippen LogP contribution in [0.2, 0.25) is 0 Å². The van der Waals surface area contributed by atoms with E-state index in [1.807, 2.05) is 91.0 Å². The fraction of sp³-hybridized carbons (Fsp3) is 0.379. The highest BCUT2D eigenvalue weighted by atomic mass is 16.7. The second-order valence-electron chi connectivity index (χ2n) is 8.63. The third kappa shape index (κ3) is 7.69. The maximum Gasteiger partial charge on any atom is 0.184 e. The van der Waals surface area contributed by atoms with Crippen LogP contribution in [0.15, 0.2) is 91.0 Å². The van der Waals surface area contributed by atoms with Crippen LogP contribution < -0.4 is 0 Å². The molecule has 1 fully saturated rings. The van der Waals surface area contributed by atoms with Crippen LogP contribution in [0.4, 0.5) is 0 Å². The van der Waals surface area contributed by atoms with Gasteiger partial charge in [0.05, 0.1) is 26.4 Å². The van der Waals surface area contributed by atoms with Crippen LogP contribution in [0.1, 0.15) is 16.7 Å². The standard InChI is InChI=1S/C29H34O7/c1-31-21-35-28-27(34-19-24-15-9-4-10-16-24)26(33-18-23-13-7-3-8-14-23)25(36-29(28)30)20-32-17-22-11-5-2-6-12-22/h2-16,25-30H,17-21H2,1H3/t25-,26-,27+,28+,29?/m1/s1. The van der Waals surface area contributed by atoms with E-state index >= 15 is 0 Å². The first-order chi connectivity index (χ1) is 17.7. The number of hydrogen-bond donors (Lipinski definition) is 1. The Morgan fingerprint density at radius 2 is 1.14 bits per heavy atom. The number of methoxy groups -OCH3 is 1. The highest BCUT2D eigenvalue weighted by molar-refractivity contribution is 5.15. The van der Waals surface area contributed by atoms with Crippen molar-refractivity contribution in [3.05, 3.63) is 108 Å². The number of aliphatic hydroxyl groups excluding tert-OH is 1. The van der Waals surface area contributed by atoms with E-state index in [4.69, 9.17) is 28.4 Å². The molecule has 0 saturated carbocycles. The molecule has 1 unspecified atom stereocenters. The molecule has 1 saturated heterocycles. The molecular weight excluding hydrogens is 460 g/mol. The Morgan fingerprint density at radius 3 is 1.67 bits per heavy atom. The predicted octanol–water partition coefficient (Wildman–Crippen LogP) is 4.08. The molecule has 1 N–H and O–H groups in total. The highest BCUT2D eigenvalue weighted by Gasteiger charge is 2.48. The van der Waals surface area contributed by atoms with E-state index in [9.17, 15) is 5.11 Å². The van der Waals surface area contributed by atoms with Crippen molar-refractivity contribution in [1.29, 1.82) is 0 Å². The number of rotatable bonds is 13. The van der Waals surface area contributed by atoms with Crippen molar-refractivity contribution in [1.82, 2.24) is 0 Å². The maximum absolute atomic E-state index is 10.9. The van der Waals surface area contributed by atoms with Gasteiger partial charge in [-0.3, -0.25) is 0 Å². The highest BCUT2D eigenvalue weighted by Crippen LogP contribution is 2.29. The third-order valence-corrected chi connectivity index (χ3v) is 5.95. The Bertz CT molecular complexity index is 986. The summed E-state index contributed by atoms with van der Waals surface area (Å²) in [6.45, 7) is 1.29. The Morgan fingerprint density at radius 1 is 0.639 bits per heavy atom. The summed E-state index contributed by atoms with van der Waals surface area (Å²) in [5, 5.41) is 10.9. The summed E-state index contributed by atoms with van der Waals surface area (Å²) in [7, 11) is 1.53. The molecular formula is C29H34O7. The van der Waals surface area contributed by atoms with Crippen molar-refractivity contribution in [3.8, 4) is 0 Å². The molecule has 1 aliphatic heterocycles. The van der Waals surface area contributed by atoms with Crippen LogP contribution in [-0.4, -0.2) is 56.3 Å². The second-order valence-corrected chi connectivity index (χ2v) is 8.63. The lowest BCUT2D eigenvalue weighted by molar-refractivity contribution is -0.323. The Kier molecular flexibility index (Phi) is 10.4. The molecule has 0 bridgehead atoms. The SMILES string of the molecule is COCO[C@@H]1C(O)O[C@H](COCc2ccccc2)[C@@H](OCc2ccccc2)[C@@H]1OCc1ccccc1. The molecule has 7 nitrogen and oxygen atoms in total. The van der Waals surface area contributed by atoms with E-state index in [1.165, 1.54) is 7.11 Å². The minimum absolute atomic E-state index is 0.0170. The molecule has 0 aliphatic carbocycles. The summed E-state index contributed by atoms with van der Waals surface area (Å²) in [4.78, 5) is 0. The lowest BCUT2D eigenvalue weighted by Gasteiger charge is -2.44. The van der Waals surface area contributed by atoms with E-state index in [0.29, 0.717) is 19.8 Å². The fourth-order valence-electron chi connectivity index (χ4n) is 4.14. The van der Waals surface area contributed by atoms with Crippen LogP contribution in [0.25, 0.3) is 0 Å². The van der Waals surface area contributed by atoms with Gasteiger partial charge in [-0.05, 0) is 16.7 Å². The number of benzene rings is 3. The number of ether oxygens (including phenoxy) is 6. The Balaban J connectivity index is 1.51. The number of aliphatic hydroxyl groups is 1. The van der Waals surface area contributed by atoms with Gasteiger partial charge in [0.2, 0.25) is 0 Å². The first-order valence-corrected chi connectivity index (χ1v) is 12.1. The van der Waals surface area contributed by atoms with Crippen LogP contribution in [0.5, 0.6) is 0 Å². The van der Waals surface area contributed by atoms with Gasteiger partial charge in [-0.25, -0.2) is 0 Å². The van der Waals surface area contributed by atoms with Gasteiger partial charge < -0.3 is 33.5 Å². The summed E-state index contributed by atoms with van der Waals surface area (Å²) >= 11 is 0. The first kappa shape index (κ1) is 26.4. The zero-order valence-corrected chi connectivity index (χ0v) is 20.5. The predicted molar refractivity (Wildman–Crippen MR) is 134 cm³/mol. The van der Waals surface area contributed by atoms with Crippen LogP contribution >= 0.6 is 0 Å². The molecule has 0 amide bonds. The molecule has 0 spiro atoms. The Hall–Kier alpha value is -2.62. The van der Waals surface area contributed by atoms with Gasteiger partial charge >= 0.3 is 0 Å². The second kappa shape index (κ2) is 14.2. The molecule has 1 heterocycles. The molecule has 7 heteroatoms. The average Bonchev–Trinajstić information content (AvgIpc) is 2.92. The maximum atomic E-state index is 10.9. The van der Waals surface area contributed by atoms with Gasteiger partial charge in [-0.2, -0.15) is 0 Å². The van der Waals surface area contributed by atoms with Crippen LogP contribution in [0.3, 0.4) is 0 Å². The van der Waals surface area contributed by atoms with Gasteiger partial charge in [0, 0.05) is 7.11 Å². The number of hydrogen-bond acceptors (Lipinski definition) is 7. The minimum atomic E-state index is -1.23. The summed E-state index contributed by atoms with van der Waals surface area (Å²) in [5.74, 6) is 0. The lowest BCUT2D eigenvalue weighted by Crippen LogP contribution is -2.61. The lowest BCUT2D eigenvalue weighted by atomic mass is 9.98. The molecule has 5 atom stereocenters. The molecule has 1 aliphatic rings. The van der Waals surface area contributed by atoms with E-state index in [0.717, 1.165) is 16.7 Å². The summed E-state index contributed by atoms with van der Waals surface area (Å²) < 4.78 is 35.6. The molecule has 4 rings (SSSR count). The van der Waals surface area contributed by atoms with Crippen molar-refractivity contribution in [2.45, 2.75) is 50.5 Å².